The van der Waals surface area contributed by atoms with Crippen molar-refractivity contribution in [3.63, 3.8) is 0 Å². The first kappa shape index (κ1) is 17.0. The number of ether oxygens (including phenoxy) is 2. The van der Waals surface area contributed by atoms with Crippen molar-refractivity contribution in [2.24, 2.45) is 5.41 Å². The number of carbonyl (C=O) groups excluding carboxylic acids is 2. The second-order valence-corrected chi connectivity index (χ2v) is 5.79. The quantitative estimate of drug-likeness (QED) is 0.425. The zero-order valence-corrected chi connectivity index (χ0v) is 12.4. The van der Waals surface area contributed by atoms with Gasteiger partial charge in [0.2, 0.25) is 0 Å². The van der Waals surface area contributed by atoms with Crippen molar-refractivity contribution >= 4 is 23.5 Å². The fourth-order valence-electron chi connectivity index (χ4n) is 0.844. The van der Waals surface area contributed by atoms with Crippen LogP contribution in [-0.4, -0.2) is 30.0 Å². The van der Waals surface area contributed by atoms with Crippen molar-refractivity contribution in [3.8, 4) is 0 Å². The van der Waals surface area contributed by atoms with Crippen molar-refractivity contribution in [2.75, 3.05) is 12.5 Å². The van der Waals surface area contributed by atoms with Crippen LogP contribution in [0, 0.1) is 5.41 Å². The van der Waals surface area contributed by atoms with E-state index in [-0.39, 0.29) is 12.5 Å². The molecule has 0 fully saturated rings. The van der Waals surface area contributed by atoms with E-state index in [1.807, 2.05) is 0 Å². The standard InChI is InChI=1S/C13H21ClO4/c1-9(2)10(15)17-8-12(3,4)11(16)18-13(5,6)7-14/h1,7-8H2,2-6H3. The average Bonchev–Trinajstić information content (AvgIpc) is 2.25. The highest BCUT2D eigenvalue weighted by Gasteiger charge is 2.35. The third-order valence-corrected chi connectivity index (χ3v) is 2.80. The molecular weight excluding hydrogens is 256 g/mol. The first-order valence-electron chi connectivity index (χ1n) is 5.64. The van der Waals surface area contributed by atoms with E-state index in [1.165, 1.54) is 0 Å². The van der Waals surface area contributed by atoms with Crippen LogP contribution in [0.2, 0.25) is 0 Å². The monoisotopic (exact) mass is 276 g/mol. The van der Waals surface area contributed by atoms with Crippen LogP contribution in [0.15, 0.2) is 12.2 Å². The van der Waals surface area contributed by atoms with E-state index in [2.05, 4.69) is 6.58 Å². The molecule has 104 valence electrons. The van der Waals surface area contributed by atoms with Gasteiger partial charge in [0.05, 0.1) is 11.3 Å². The number of hydrogen-bond acceptors (Lipinski definition) is 4. The highest BCUT2D eigenvalue weighted by atomic mass is 35.5. The summed E-state index contributed by atoms with van der Waals surface area (Å²) in [4.78, 5) is 23.2. The molecule has 0 aromatic rings. The third-order valence-electron chi connectivity index (χ3n) is 2.16. The number of rotatable bonds is 6. The Bertz CT molecular complexity index is 345. The molecule has 0 aromatic carbocycles. The van der Waals surface area contributed by atoms with Crippen LogP contribution >= 0.6 is 11.6 Å². The molecule has 0 bridgehead atoms. The van der Waals surface area contributed by atoms with Gasteiger partial charge in [0.15, 0.2) is 0 Å². The van der Waals surface area contributed by atoms with Gasteiger partial charge in [-0.15, -0.1) is 11.6 Å². The van der Waals surface area contributed by atoms with Gasteiger partial charge in [0.25, 0.3) is 0 Å². The molecule has 18 heavy (non-hydrogen) atoms. The first-order chi connectivity index (χ1) is 8.02. The van der Waals surface area contributed by atoms with Gasteiger partial charge in [-0.1, -0.05) is 6.58 Å². The maximum absolute atomic E-state index is 11.9. The second kappa shape index (κ2) is 6.23. The third kappa shape index (κ3) is 5.54. The average molecular weight is 277 g/mol. The molecular formula is C13H21ClO4. The van der Waals surface area contributed by atoms with E-state index in [9.17, 15) is 9.59 Å². The lowest BCUT2D eigenvalue weighted by Gasteiger charge is -2.29. The lowest BCUT2D eigenvalue weighted by atomic mass is 9.94. The predicted octanol–water partition coefficient (Wildman–Crippen LogP) is 2.69. The van der Waals surface area contributed by atoms with Crippen LogP contribution in [0.25, 0.3) is 0 Å². The van der Waals surface area contributed by atoms with Crippen LogP contribution < -0.4 is 0 Å². The summed E-state index contributed by atoms with van der Waals surface area (Å²) in [6.07, 6.45) is 0. The maximum atomic E-state index is 11.9. The summed E-state index contributed by atoms with van der Waals surface area (Å²) in [6.45, 7) is 11.7. The largest absolute Gasteiger partial charge is 0.461 e. The minimum Gasteiger partial charge on any atom is -0.461 e. The molecule has 0 heterocycles. The Labute approximate surface area is 113 Å². The van der Waals surface area contributed by atoms with Crippen molar-refractivity contribution in [2.45, 2.75) is 40.2 Å². The summed E-state index contributed by atoms with van der Waals surface area (Å²) in [5.41, 5.74) is -1.37. The molecule has 0 aromatic heterocycles. The van der Waals surface area contributed by atoms with E-state index >= 15 is 0 Å². The Hall–Kier alpha value is -1.03. The Morgan fingerprint density at radius 3 is 2.11 bits per heavy atom. The number of esters is 2. The van der Waals surface area contributed by atoms with Crippen molar-refractivity contribution < 1.29 is 19.1 Å². The lowest BCUT2D eigenvalue weighted by molar-refractivity contribution is -0.170. The van der Waals surface area contributed by atoms with E-state index in [4.69, 9.17) is 21.1 Å². The van der Waals surface area contributed by atoms with Gasteiger partial charge in [-0.2, -0.15) is 0 Å². The molecule has 5 heteroatoms. The molecule has 0 aliphatic carbocycles. The van der Waals surface area contributed by atoms with E-state index in [0.29, 0.717) is 5.57 Å². The van der Waals surface area contributed by atoms with Gasteiger partial charge in [-0.25, -0.2) is 4.79 Å². The van der Waals surface area contributed by atoms with E-state index in [1.54, 1.807) is 34.6 Å². The summed E-state index contributed by atoms with van der Waals surface area (Å²) >= 11 is 5.68. The number of hydrogen-bond donors (Lipinski definition) is 0. The normalized spacial score (nSPS) is 11.9. The van der Waals surface area contributed by atoms with Crippen LogP contribution in [0.3, 0.4) is 0 Å². The molecule has 0 spiro atoms. The molecule has 0 aliphatic rings. The van der Waals surface area contributed by atoms with Crippen LogP contribution in [-0.2, 0) is 19.1 Å². The molecule has 4 nitrogen and oxygen atoms in total. The molecule has 0 saturated carbocycles. The van der Waals surface area contributed by atoms with Crippen molar-refractivity contribution in [1.29, 1.82) is 0 Å². The SMILES string of the molecule is C=C(C)C(=O)OCC(C)(C)C(=O)OC(C)(C)CCl. The molecule has 0 saturated heterocycles. The topological polar surface area (TPSA) is 52.6 Å². The minimum absolute atomic E-state index is 0.0596. The summed E-state index contributed by atoms with van der Waals surface area (Å²) in [7, 11) is 0. The fraction of sp³-hybridized carbons (Fsp3) is 0.692. The van der Waals surface area contributed by atoms with Crippen LogP contribution in [0.4, 0.5) is 0 Å². The van der Waals surface area contributed by atoms with Crippen LogP contribution in [0.1, 0.15) is 34.6 Å². The van der Waals surface area contributed by atoms with E-state index < -0.39 is 23.0 Å². The van der Waals surface area contributed by atoms with Gasteiger partial charge >= 0.3 is 11.9 Å². The van der Waals surface area contributed by atoms with Gasteiger partial charge < -0.3 is 9.47 Å². The van der Waals surface area contributed by atoms with Gasteiger partial charge in [-0.05, 0) is 34.6 Å². The summed E-state index contributed by atoms with van der Waals surface area (Å²) in [6, 6.07) is 0. The lowest BCUT2D eigenvalue weighted by Crippen LogP contribution is -2.39. The predicted molar refractivity (Wildman–Crippen MR) is 70.4 cm³/mol. The molecule has 0 unspecified atom stereocenters. The molecule has 0 radical (unpaired) electrons. The number of carbonyl (C=O) groups is 2. The van der Waals surface area contributed by atoms with Crippen molar-refractivity contribution in [3.05, 3.63) is 12.2 Å². The zero-order valence-electron chi connectivity index (χ0n) is 11.6. The minimum atomic E-state index is -0.922. The highest BCUT2D eigenvalue weighted by Crippen LogP contribution is 2.23. The van der Waals surface area contributed by atoms with Crippen LogP contribution in [0.5, 0.6) is 0 Å². The second-order valence-electron chi connectivity index (χ2n) is 5.52. The zero-order chi connectivity index (χ0) is 14.6. The first-order valence-corrected chi connectivity index (χ1v) is 6.17. The van der Waals surface area contributed by atoms with Gasteiger partial charge in [0.1, 0.15) is 12.2 Å². The number of alkyl halides is 1. The molecule has 0 atom stereocenters. The Morgan fingerprint density at radius 2 is 1.72 bits per heavy atom. The Morgan fingerprint density at radius 1 is 1.22 bits per heavy atom. The molecule has 0 amide bonds. The summed E-state index contributed by atoms with van der Waals surface area (Å²) in [5, 5.41) is 0. The van der Waals surface area contributed by atoms with E-state index in [0.717, 1.165) is 0 Å². The van der Waals surface area contributed by atoms with Gasteiger partial charge in [-0.3, -0.25) is 4.79 Å². The fourth-order valence-corrected chi connectivity index (χ4v) is 0.899. The number of halogens is 1. The summed E-state index contributed by atoms with van der Waals surface area (Å²) in [5.74, 6) is -0.782. The van der Waals surface area contributed by atoms with Crippen molar-refractivity contribution in [1.82, 2.24) is 0 Å². The molecule has 0 rings (SSSR count). The maximum Gasteiger partial charge on any atom is 0.333 e. The Kier molecular flexibility index (Phi) is 5.87. The molecule has 0 N–H and O–H groups in total. The Balaban J connectivity index is 4.50. The van der Waals surface area contributed by atoms with Gasteiger partial charge in [0, 0.05) is 5.57 Å². The summed E-state index contributed by atoms with van der Waals surface area (Å²) < 4.78 is 10.2. The highest BCUT2D eigenvalue weighted by molar-refractivity contribution is 6.18. The molecule has 0 aliphatic heterocycles. The smallest absolute Gasteiger partial charge is 0.333 e.